The summed E-state index contributed by atoms with van der Waals surface area (Å²) in [6.45, 7) is 7.03. The van der Waals surface area contributed by atoms with Crippen molar-refractivity contribution in [2.45, 2.75) is 13.0 Å². The molecule has 0 aromatic heterocycles. The molecule has 0 aliphatic rings. The molecule has 0 spiro atoms. The summed E-state index contributed by atoms with van der Waals surface area (Å²) >= 11 is 0. The monoisotopic (exact) mass is 232 g/mol. The lowest BCUT2D eigenvalue weighted by molar-refractivity contribution is -0.892. The van der Waals surface area contributed by atoms with Crippen LogP contribution in [0.5, 0.6) is 0 Å². The van der Waals surface area contributed by atoms with Crippen molar-refractivity contribution in [2.75, 3.05) is 68.0 Å². The zero-order chi connectivity index (χ0) is 12.8. The van der Waals surface area contributed by atoms with Gasteiger partial charge in [0.05, 0.1) is 20.6 Å². The third-order valence-corrected chi connectivity index (χ3v) is 2.77. The van der Waals surface area contributed by atoms with Crippen LogP contribution >= 0.6 is 0 Å². The Hall–Kier alpha value is -0.160. The van der Waals surface area contributed by atoms with Crippen molar-refractivity contribution in [1.82, 2.24) is 9.80 Å². The molecule has 0 aliphatic heterocycles. The quantitative estimate of drug-likeness (QED) is 0.594. The average Bonchev–Trinajstić information content (AvgIpc) is 2.09. The number of aliphatic hydroxyl groups is 1. The van der Waals surface area contributed by atoms with Gasteiger partial charge in [-0.05, 0) is 28.1 Å². The third-order valence-electron chi connectivity index (χ3n) is 2.77. The van der Waals surface area contributed by atoms with E-state index in [-0.39, 0.29) is 6.10 Å². The van der Waals surface area contributed by atoms with Gasteiger partial charge in [0.15, 0.2) is 0 Å². The Morgan fingerprint density at radius 1 is 1.06 bits per heavy atom. The largest absolute Gasteiger partial charge is 0.388 e. The van der Waals surface area contributed by atoms with E-state index in [0.29, 0.717) is 0 Å². The standard InChI is InChI=1S/C12H30N3O/c1-12(16)11-15(5,6)10-9-14(4)8-7-13(2)3/h12,16H,7-11H2,1-6H3/q+1. The lowest BCUT2D eigenvalue weighted by Crippen LogP contribution is -2.48. The predicted octanol–water partition coefficient (Wildman–Crippen LogP) is -0.0630. The number of quaternary nitrogens is 1. The van der Waals surface area contributed by atoms with Gasteiger partial charge in [0.2, 0.25) is 0 Å². The van der Waals surface area contributed by atoms with E-state index in [1.54, 1.807) is 0 Å². The van der Waals surface area contributed by atoms with E-state index in [1.807, 2.05) is 6.92 Å². The summed E-state index contributed by atoms with van der Waals surface area (Å²) in [5.74, 6) is 0. The molecule has 0 rings (SSSR count). The Labute approximate surface area is 101 Å². The molecule has 0 saturated carbocycles. The van der Waals surface area contributed by atoms with Crippen molar-refractivity contribution in [3.8, 4) is 0 Å². The predicted molar refractivity (Wildman–Crippen MR) is 69.6 cm³/mol. The Kier molecular flexibility index (Phi) is 7.15. The second-order valence-corrected chi connectivity index (χ2v) is 5.80. The topological polar surface area (TPSA) is 26.7 Å². The van der Waals surface area contributed by atoms with Gasteiger partial charge in [-0.15, -0.1) is 0 Å². The van der Waals surface area contributed by atoms with Gasteiger partial charge in [0, 0.05) is 19.6 Å². The highest BCUT2D eigenvalue weighted by Crippen LogP contribution is 2.00. The average molecular weight is 232 g/mol. The van der Waals surface area contributed by atoms with Crippen LogP contribution in [0.25, 0.3) is 0 Å². The Balaban J connectivity index is 3.76. The highest BCUT2D eigenvalue weighted by Gasteiger charge is 2.18. The lowest BCUT2D eigenvalue weighted by atomic mass is 10.3. The summed E-state index contributed by atoms with van der Waals surface area (Å²) in [6, 6.07) is 0. The number of likely N-dealkylation sites (N-methyl/N-ethyl adjacent to an activating group) is 3. The molecule has 4 heteroatoms. The number of rotatable bonds is 8. The van der Waals surface area contributed by atoms with Crippen LogP contribution in [0.3, 0.4) is 0 Å². The van der Waals surface area contributed by atoms with Gasteiger partial charge < -0.3 is 14.5 Å². The fourth-order valence-corrected chi connectivity index (χ4v) is 1.73. The van der Waals surface area contributed by atoms with E-state index >= 15 is 0 Å². The van der Waals surface area contributed by atoms with Crippen molar-refractivity contribution < 1.29 is 9.59 Å². The SMILES string of the molecule is CC(O)C[N+](C)(C)CCN(C)CCN(C)C. The highest BCUT2D eigenvalue weighted by atomic mass is 16.3. The smallest absolute Gasteiger partial charge is 0.104 e. The van der Waals surface area contributed by atoms with Gasteiger partial charge in [0.1, 0.15) is 12.6 Å². The lowest BCUT2D eigenvalue weighted by Gasteiger charge is -2.32. The van der Waals surface area contributed by atoms with Gasteiger partial charge in [-0.1, -0.05) is 0 Å². The Morgan fingerprint density at radius 3 is 2.06 bits per heavy atom. The third kappa shape index (κ3) is 9.09. The molecular formula is C12H30N3O+. The summed E-state index contributed by atoms with van der Waals surface area (Å²) < 4.78 is 0.879. The molecule has 1 unspecified atom stereocenters. The molecule has 0 radical (unpaired) electrons. The maximum atomic E-state index is 9.39. The van der Waals surface area contributed by atoms with Crippen molar-refractivity contribution in [3.63, 3.8) is 0 Å². The summed E-state index contributed by atoms with van der Waals surface area (Å²) in [5.41, 5.74) is 0. The van der Waals surface area contributed by atoms with Crippen LogP contribution in [0.4, 0.5) is 0 Å². The molecule has 0 aromatic carbocycles. The fourth-order valence-electron chi connectivity index (χ4n) is 1.73. The van der Waals surface area contributed by atoms with E-state index in [2.05, 4.69) is 45.0 Å². The van der Waals surface area contributed by atoms with Crippen LogP contribution in [-0.2, 0) is 0 Å². The molecule has 0 fully saturated rings. The van der Waals surface area contributed by atoms with Gasteiger partial charge in [-0.25, -0.2) is 0 Å². The first-order valence-electron chi connectivity index (χ1n) is 6.06. The summed E-state index contributed by atoms with van der Waals surface area (Å²) in [7, 11) is 10.7. The molecule has 0 aromatic rings. The number of aliphatic hydroxyl groups excluding tert-OH is 1. The van der Waals surface area contributed by atoms with E-state index in [9.17, 15) is 5.11 Å². The molecule has 16 heavy (non-hydrogen) atoms. The number of nitrogens with zero attached hydrogens (tertiary/aromatic N) is 3. The Morgan fingerprint density at radius 2 is 1.62 bits per heavy atom. The van der Waals surface area contributed by atoms with E-state index in [1.165, 1.54) is 0 Å². The molecule has 0 saturated heterocycles. The van der Waals surface area contributed by atoms with Crippen molar-refractivity contribution in [2.24, 2.45) is 0 Å². The van der Waals surface area contributed by atoms with Gasteiger partial charge in [-0.3, -0.25) is 4.90 Å². The Bertz CT molecular complexity index is 181. The first-order valence-corrected chi connectivity index (χ1v) is 6.06. The second kappa shape index (κ2) is 7.22. The normalized spacial score (nSPS) is 14.8. The van der Waals surface area contributed by atoms with Crippen LogP contribution in [0.2, 0.25) is 0 Å². The molecule has 0 aliphatic carbocycles. The van der Waals surface area contributed by atoms with Crippen LogP contribution in [0.15, 0.2) is 0 Å². The number of hydrogen-bond donors (Lipinski definition) is 1. The van der Waals surface area contributed by atoms with Crippen LogP contribution in [-0.4, -0.2) is 93.5 Å². The molecule has 98 valence electrons. The highest BCUT2D eigenvalue weighted by molar-refractivity contribution is 4.54. The minimum absolute atomic E-state index is 0.220. The van der Waals surface area contributed by atoms with Crippen LogP contribution in [0.1, 0.15) is 6.92 Å². The molecule has 0 heterocycles. The van der Waals surface area contributed by atoms with E-state index < -0.39 is 0 Å². The molecule has 0 amide bonds. The minimum atomic E-state index is -0.220. The zero-order valence-corrected chi connectivity index (χ0v) is 11.9. The first kappa shape index (κ1) is 15.8. The van der Waals surface area contributed by atoms with Crippen molar-refractivity contribution >= 4 is 0 Å². The zero-order valence-electron chi connectivity index (χ0n) is 11.9. The molecule has 0 bridgehead atoms. The van der Waals surface area contributed by atoms with Gasteiger partial charge >= 0.3 is 0 Å². The first-order chi connectivity index (χ1) is 7.23. The van der Waals surface area contributed by atoms with Crippen LogP contribution < -0.4 is 0 Å². The number of hydrogen-bond acceptors (Lipinski definition) is 3. The minimum Gasteiger partial charge on any atom is -0.388 e. The maximum Gasteiger partial charge on any atom is 0.104 e. The van der Waals surface area contributed by atoms with Crippen LogP contribution in [0, 0.1) is 0 Å². The molecular weight excluding hydrogens is 202 g/mol. The van der Waals surface area contributed by atoms with Gasteiger partial charge in [-0.2, -0.15) is 0 Å². The molecule has 4 nitrogen and oxygen atoms in total. The molecule has 1 N–H and O–H groups in total. The fraction of sp³-hybridized carbons (Fsp3) is 1.00. The maximum absolute atomic E-state index is 9.39. The molecule has 1 atom stereocenters. The van der Waals surface area contributed by atoms with E-state index in [4.69, 9.17) is 0 Å². The van der Waals surface area contributed by atoms with Gasteiger partial charge in [0.25, 0.3) is 0 Å². The summed E-state index contributed by atoms with van der Waals surface area (Å²) in [5, 5.41) is 9.39. The summed E-state index contributed by atoms with van der Waals surface area (Å²) in [6.07, 6.45) is -0.220. The van der Waals surface area contributed by atoms with Crippen molar-refractivity contribution in [1.29, 1.82) is 0 Å². The summed E-state index contributed by atoms with van der Waals surface area (Å²) in [4.78, 5) is 4.55. The van der Waals surface area contributed by atoms with E-state index in [0.717, 1.165) is 37.2 Å². The van der Waals surface area contributed by atoms with Crippen molar-refractivity contribution in [3.05, 3.63) is 0 Å². The second-order valence-electron chi connectivity index (χ2n) is 5.80.